The molecule has 0 spiro atoms. The van der Waals surface area contributed by atoms with Crippen LogP contribution in [0.1, 0.15) is 21.6 Å². The number of benzene rings is 1. The molecule has 0 aliphatic heterocycles. The van der Waals surface area contributed by atoms with Crippen LogP contribution in [0.25, 0.3) is 0 Å². The summed E-state index contributed by atoms with van der Waals surface area (Å²) in [6, 6.07) is 9.81. The standard InChI is InChI=1S/C13H14N2O2/c1-10-12(8-16)13(15(2)14-10)17-9-11-6-4-3-5-7-11/h3-8H,9H2,1-2H3. The Balaban J connectivity index is 2.17. The first-order chi connectivity index (χ1) is 8.22. The smallest absolute Gasteiger partial charge is 0.222 e. The summed E-state index contributed by atoms with van der Waals surface area (Å²) < 4.78 is 7.22. The molecular formula is C13H14N2O2. The molecule has 0 atom stereocenters. The van der Waals surface area contributed by atoms with Gasteiger partial charge in [0.1, 0.15) is 6.61 Å². The van der Waals surface area contributed by atoms with Crippen LogP contribution < -0.4 is 4.74 Å². The van der Waals surface area contributed by atoms with Crippen molar-refractivity contribution in [3.05, 3.63) is 47.2 Å². The summed E-state index contributed by atoms with van der Waals surface area (Å²) in [5.74, 6) is 0.515. The first-order valence-corrected chi connectivity index (χ1v) is 5.38. The zero-order chi connectivity index (χ0) is 12.3. The number of aldehydes is 1. The van der Waals surface area contributed by atoms with E-state index < -0.39 is 0 Å². The second-order valence-electron chi connectivity index (χ2n) is 3.82. The van der Waals surface area contributed by atoms with Crippen LogP contribution in [-0.2, 0) is 13.7 Å². The first-order valence-electron chi connectivity index (χ1n) is 5.38. The van der Waals surface area contributed by atoms with Crippen LogP contribution in [-0.4, -0.2) is 16.1 Å². The van der Waals surface area contributed by atoms with Crippen molar-refractivity contribution in [3.8, 4) is 5.88 Å². The monoisotopic (exact) mass is 230 g/mol. The fourth-order valence-electron chi connectivity index (χ4n) is 1.69. The highest BCUT2D eigenvalue weighted by molar-refractivity contribution is 5.80. The summed E-state index contributed by atoms with van der Waals surface area (Å²) in [6.07, 6.45) is 0.780. The molecule has 1 heterocycles. The molecule has 0 saturated carbocycles. The Bertz CT molecular complexity index is 518. The molecule has 0 N–H and O–H groups in total. The number of rotatable bonds is 4. The largest absolute Gasteiger partial charge is 0.472 e. The number of ether oxygens (including phenoxy) is 1. The normalized spacial score (nSPS) is 10.2. The Hall–Kier alpha value is -2.10. The summed E-state index contributed by atoms with van der Waals surface area (Å²) in [6.45, 7) is 2.22. The van der Waals surface area contributed by atoms with Gasteiger partial charge in [-0.3, -0.25) is 4.79 Å². The maximum absolute atomic E-state index is 10.9. The van der Waals surface area contributed by atoms with Crippen molar-refractivity contribution in [2.45, 2.75) is 13.5 Å². The van der Waals surface area contributed by atoms with Crippen LogP contribution in [0.4, 0.5) is 0 Å². The molecule has 0 unspecified atom stereocenters. The van der Waals surface area contributed by atoms with Crippen molar-refractivity contribution in [3.63, 3.8) is 0 Å². The Morgan fingerprint density at radius 2 is 2.06 bits per heavy atom. The highest BCUT2D eigenvalue weighted by Gasteiger charge is 2.13. The van der Waals surface area contributed by atoms with Gasteiger partial charge >= 0.3 is 0 Å². The van der Waals surface area contributed by atoms with Gasteiger partial charge in [0.2, 0.25) is 5.88 Å². The van der Waals surface area contributed by atoms with Crippen LogP contribution in [0, 0.1) is 6.92 Å². The Labute approximate surface area is 99.8 Å². The lowest BCUT2D eigenvalue weighted by Gasteiger charge is -2.06. The Kier molecular flexibility index (Phi) is 3.23. The van der Waals surface area contributed by atoms with Crippen LogP contribution in [0.3, 0.4) is 0 Å². The number of aryl methyl sites for hydroxylation is 2. The molecule has 0 aliphatic rings. The molecule has 0 saturated heterocycles. The van der Waals surface area contributed by atoms with Crippen molar-refractivity contribution < 1.29 is 9.53 Å². The average molecular weight is 230 g/mol. The van der Waals surface area contributed by atoms with Gasteiger partial charge in [-0.2, -0.15) is 5.10 Å². The van der Waals surface area contributed by atoms with E-state index in [0.29, 0.717) is 23.7 Å². The first kappa shape index (κ1) is 11.4. The second-order valence-corrected chi connectivity index (χ2v) is 3.82. The van der Waals surface area contributed by atoms with Crippen LogP contribution in [0.15, 0.2) is 30.3 Å². The van der Waals surface area contributed by atoms with E-state index >= 15 is 0 Å². The van der Waals surface area contributed by atoms with Gasteiger partial charge in [-0.1, -0.05) is 30.3 Å². The van der Waals surface area contributed by atoms with Gasteiger partial charge in [0.25, 0.3) is 0 Å². The molecule has 4 nitrogen and oxygen atoms in total. The lowest BCUT2D eigenvalue weighted by Crippen LogP contribution is -2.02. The summed E-state index contributed by atoms with van der Waals surface area (Å²) in [4.78, 5) is 10.9. The quantitative estimate of drug-likeness (QED) is 0.756. The maximum Gasteiger partial charge on any atom is 0.222 e. The molecule has 0 bridgehead atoms. The third-order valence-electron chi connectivity index (χ3n) is 2.55. The van der Waals surface area contributed by atoms with Crippen molar-refractivity contribution in [1.82, 2.24) is 9.78 Å². The number of carbonyl (C=O) groups excluding carboxylic acids is 1. The topological polar surface area (TPSA) is 44.1 Å². The predicted molar refractivity (Wildman–Crippen MR) is 64.1 cm³/mol. The molecule has 17 heavy (non-hydrogen) atoms. The van der Waals surface area contributed by atoms with E-state index in [1.165, 1.54) is 0 Å². The highest BCUT2D eigenvalue weighted by Crippen LogP contribution is 2.20. The maximum atomic E-state index is 10.9. The Morgan fingerprint density at radius 1 is 1.35 bits per heavy atom. The SMILES string of the molecule is Cc1nn(C)c(OCc2ccccc2)c1C=O. The molecule has 0 radical (unpaired) electrons. The van der Waals surface area contributed by atoms with Gasteiger partial charge in [0, 0.05) is 7.05 Å². The molecule has 2 aromatic rings. The van der Waals surface area contributed by atoms with Gasteiger partial charge in [0.05, 0.1) is 11.3 Å². The van der Waals surface area contributed by atoms with Crippen LogP contribution in [0.2, 0.25) is 0 Å². The number of aromatic nitrogens is 2. The molecule has 4 heteroatoms. The average Bonchev–Trinajstić information content (AvgIpc) is 2.62. The predicted octanol–water partition coefficient (Wildman–Crippen LogP) is 2.12. The third kappa shape index (κ3) is 2.36. The van der Waals surface area contributed by atoms with Crippen molar-refractivity contribution in [1.29, 1.82) is 0 Å². The number of carbonyl (C=O) groups is 1. The summed E-state index contributed by atoms with van der Waals surface area (Å²) in [5.41, 5.74) is 2.26. The zero-order valence-electron chi connectivity index (χ0n) is 9.88. The summed E-state index contributed by atoms with van der Waals surface area (Å²) in [5, 5.41) is 4.15. The number of nitrogens with zero attached hydrogens (tertiary/aromatic N) is 2. The van der Waals surface area contributed by atoms with Gasteiger partial charge in [-0.25, -0.2) is 4.68 Å². The van der Waals surface area contributed by atoms with E-state index in [-0.39, 0.29) is 0 Å². The van der Waals surface area contributed by atoms with Gasteiger partial charge < -0.3 is 4.74 Å². The minimum atomic E-state index is 0.431. The number of hydrogen-bond acceptors (Lipinski definition) is 3. The number of hydrogen-bond donors (Lipinski definition) is 0. The lowest BCUT2D eigenvalue weighted by molar-refractivity contribution is 0.111. The molecule has 1 aromatic heterocycles. The van der Waals surface area contributed by atoms with E-state index in [9.17, 15) is 4.79 Å². The minimum Gasteiger partial charge on any atom is -0.472 e. The van der Waals surface area contributed by atoms with E-state index in [2.05, 4.69) is 5.10 Å². The van der Waals surface area contributed by atoms with E-state index in [4.69, 9.17) is 4.74 Å². The van der Waals surface area contributed by atoms with Crippen molar-refractivity contribution >= 4 is 6.29 Å². The fourth-order valence-corrected chi connectivity index (χ4v) is 1.69. The van der Waals surface area contributed by atoms with Crippen LogP contribution in [0.5, 0.6) is 5.88 Å². The van der Waals surface area contributed by atoms with Crippen LogP contribution >= 0.6 is 0 Å². The summed E-state index contributed by atoms with van der Waals surface area (Å²) >= 11 is 0. The third-order valence-corrected chi connectivity index (χ3v) is 2.55. The molecule has 1 aromatic carbocycles. The molecule has 2 rings (SSSR count). The fraction of sp³-hybridized carbons (Fsp3) is 0.231. The molecule has 0 fully saturated rings. The minimum absolute atomic E-state index is 0.431. The molecule has 88 valence electrons. The molecule has 0 amide bonds. The van der Waals surface area contributed by atoms with Crippen molar-refractivity contribution in [2.24, 2.45) is 7.05 Å². The van der Waals surface area contributed by atoms with Crippen molar-refractivity contribution in [2.75, 3.05) is 0 Å². The van der Waals surface area contributed by atoms with E-state index in [0.717, 1.165) is 11.8 Å². The lowest BCUT2D eigenvalue weighted by atomic mass is 10.2. The van der Waals surface area contributed by atoms with Gasteiger partial charge in [0.15, 0.2) is 6.29 Å². The second kappa shape index (κ2) is 4.82. The molecular weight excluding hydrogens is 216 g/mol. The zero-order valence-corrected chi connectivity index (χ0v) is 9.88. The van der Waals surface area contributed by atoms with E-state index in [1.807, 2.05) is 30.3 Å². The van der Waals surface area contributed by atoms with Gasteiger partial charge in [-0.15, -0.1) is 0 Å². The Morgan fingerprint density at radius 3 is 2.71 bits per heavy atom. The summed E-state index contributed by atoms with van der Waals surface area (Å²) in [7, 11) is 1.76. The van der Waals surface area contributed by atoms with E-state index in [1.54, 1.807) is 18.7 Å². The van der Waals surface area contributed by atoms with Gasteiger partial charge in [-0.05, 0) is 12.5 Å². The molecule has 0 aliphatic carbocycles. The highest BCUT2D eigenvalue weighted by atomic mass is 16.5.